The van der Waals surface area contributed by atoms with E-state index in [0.29, 0.717) is 13.1 Å². The van der Waals surface area contributed by atoms with Gasteiger partial charge in [0.05, 0.1) is 6.54 Å². The minimum Gasteiger partial charge on any atom is -0.370 e. The first-order valence-corrected chi connectivity index (χ1v) is 4.47. The number of carbonyl (C=O) groups excluding carboxylic acids is 2. The second-order valence-corrected chi connectivity index (χ2v) is 3.07. The van der Waals surface area contributed by atoms with E-state index in [-0.39, 0.29) is 37.3 Å². The van der Waals surface area contributed by atoms with Crippen LogP contribution < -0.4 is 11.1 Å². The molecule has 0 aliphatic carbocycles. The number of carbonyl (C=O) groups is 2. The van der Waals surface area contributed by atoms with Gasteiger partial charge in [-0.25, -0.2) is 0 Å². The van der Waals surface area contributed by atoms with Gasteiger partial charge < -0.3 is 20.7 Å². The lowest BCUT2D eigenvalue weighted by atomic mass is 10.2. The summed E-state index contributed by atoms with van der Waals surface area (Å²) in [6.07, 6.45) is -0.638. The summed E-state index contributed by atoms with van der Waals surface area (Å²) in [5, 5.41) is 2.64. The Morgan fingerprint density at radius 1 is 1.73 bits per heavy atom. The number of halogens is 1. The summed E-state index contributed by atoms with van der Waals surface area (Å²) in [6.45, 7) is 1.24. The van der Waals surface area contributed by atoms with Crippen LogP contribution >= 0.6 is 12.4 Å². The number of ether oxygens (including phenoxy) is 1. The fraction of sp³-hybridized carbons (Fsp3) is 0.750. The van der Waals surface area contributed by atoms with Crippen LogP contribution in [0.2, 0.25) is 0 Å². The van der Waals surface area contributed by atoms with E-state index in [0.717, 1.165) is 0 Å². The van der Waals surface area contributed by atoms with E-state index in [1.807, 2.05) is 0 Å². The first kappa shape index (κ1) is 14.2. The lowest BCUT2D eigenvalue weighted by molar-refractivity contribution is -0.146. The van der Waals surface area contributed by atoms with Gasteiger partial charge in [0.15, 0.2) is 0 Å². The molecule has 1 aliphatic heterocycles. The molecule has 1 saturated heterocycles. The Bertz CT molecular complexity index is 233. The molecule has 2 amide bonds. The zero-order valence-electron chi connectivity index (χ0n) is 8.56. The van der Waals surface area contributed by atoms with E-state index in [2.05, 4.69) is 5.32 Å². The standard InChI is InChI=1S/C8H15N3O3.ClH/c1-14-6(4-9)8(13)11-3-2-10-7(12)5-11;/h6H,2-5,9H2,1H3,(H,10,12);1H. The Kier molecular flexibility index (Phi) is 6.23. The van der Waals surface area contributed by atoms with E-state index in [4.69, 9.17) is 10.5 Å². The average molecular weight is 238 g/mol. The van der Waals surface area contributed by atoms with Crippen molar-refractivity contribution < 1.29 is 14.3 Å². The molecule has 1 unspecified atom stereocenters. The molecule has 1 fully saturated rings. The van der Waals surface area contributed by atoms with Gasteiger partial charge >= 0.3 is 0 Å². The second kappa shape index (κ2) is 6.60. The third-order valence-electron chi connectivity index (χ3n) is 2.12. The molecule has 88 valence electrons. The third-order valence-corrected chi connectivity index (χ3v) is 2.12. The van der Waals surface area contributed by atoms with Crippen LogP contribution in [0.15, 0.2) is 0 Å². The summed E-state index contributed by atoms with van der Waals surface area (Å²) in [6, 6.07) is 0. The highest BCUT2D eigenvalue weighted by Crippen LogP contribution is 2.00. The van der Waals surface area contributed by atoms with Crippen LogP contribution in [-0.4, -0.2) is 56.1 Å². The third kappa shape index (κ3) is 3.65. The van der Waals surface area contributed by atoms with Gasteiger partial charge in [0, 0.05) is 26.7 Å². The summed E-state index contributed by atoms with van der Waals surface area (Å²) in [4.78, 5) is 24.1. The molecule has 0 aromatic heterocycles. The van der Waals surface area contributed by atoms with Crippen LogP contribution in [0.3, 0.4) is 0 Å². The molecule has 0 bridgehead atoms. The number of piperazine rings is 1. The highest BCUT2D eigenvalue weighted by Gasteiger charge is 2.26. The Morgan fingerprint density at radius 2 is 2.40 bits per heavy atom. The Hall–Kier alpha value is -0.850. The maximum atomic E-state index is 11.6. The van der Waals surface area contributed by atoms with E-state index in [9.17, 15) is 9.59 Å². The number of nitrogens with two attached hydrogens (primary N) is 1. The Labute approximate surface area is 94.5 Å². The van der Waals surface area contributed by atoms with Crippen LogP contribution in [0.1, 0.15) is 0 Å². The molecule has 6 nitrogen and oxygen atoms in total. The van der Waals surface area contributed by atoms with E-state index in [1.54, 1.807) is 0 Å². The van der Waals surface area contributed by atoms with E-state index >= 15 is 0 Å². The van der Waals surface area contributed by atoms with Gasteiger partial charge in [-0.3, -0.25) is 9.59 Å². The summed E-state index contributed by atoms with van der Waals surface area (Å²) in [5.41, 5.74) is 5.35. The fourth-order valence-corrected chi connectivity index (χ4v) is 1.33. The second-order valence-electron chi connectivity index (χ2n) is 3.07. The van der Waals surface area contributed by atoms with Gasteiger partial charge in [-0.05, 0) is 0 Å². The van der Waals surface area contributed by atoms with Crippen molar-refractivity contribution in [2.75, 3.05) is 33.3 Å². The molecule has 0 aromatic carbocycles. The SMILES string of the molecule is COC(CN)C(=O)N1CCNC(=O)C1.Cl. The molecule has 1 aliphatic rings. The van der Waals surface area contributed by atoms with Crippen LogP contribution in [0.25, 0.3) is 0 Å². The topological polar surface area (TPSA) is 84.7 Å². The highest BCUT2D eigenvalue weighted by molar-refractivity contribution is 5.88. The van der Waals surface area contributed by atoms with Crippen LogP contribution in [-0.2, 0) is 14.3 Å². The number of nitrogens with zero attached hydrogens (tertiary/aromatic N) is 1. The zero-order chi connectivity index (χ0) is 10.6. The Balaban J connectivity index is 0.00000196. The van der Waals surface area contributed by atoms with Crippen molar-refractivity contribution in [2.45, 2.75) is 6.10 Å². The molecule has 0 spiro atoms. The lowest BCUT2D eigenvalue weighted by Crippen LogP contribution is -2.54. The predicted molar refractivity (Wildman–Crippen MR) is 56.7 cm³/mol. The van der Waals surface area contributed by atoms with Crippen molar-refractivity contribution in [1.29, 1.82) is 0 Å². The summed E-state index contributed by atoms with van der Waals surface area (Å²) < 4.78 is 4.90. The normalized spacial score (nSPS) is 17.7. The molecule has 15 heavy (non-hydrogen) atoms. The highest BCUT2D eigenvalue weighted by atomic mass is 35.5. The quantitative estimate of drug-likeness (QED) is 0.616. The smallest absolute Gasteiger partial charge is 0.253 e. The van der Waals surface area contributed by atoms with Crippen molar-refractivity contribution in [3.8, 4) is 0 Å². The zero-order valence-corrected chi connectivity index (χ0v) is 9.38. The van der Waals surface area contributed by atoms with Crippen molar-refractivity contribution in [3.05, 3.63) is 0 Å². The van der Waals surface area contributed by atoms with Crippen molar-refractivity contribution in [1.82, 2.24) is 10.2 Å². The van der Waals surface area contributed by atoms with Gasteiger partial charge in [-0.1, -0.05) is 0 Å². The van der Waals surface area contributed by atoms with Crippen molar-refractivity contribution in [2.24, 2.45) is 5.73 Å². The average Bonchev–Trinajstić information content (AvgIpc) is 2.19. The number of amides is 2. The molecule has 0 aromatic rings. The number of rotatable bonds is 3. The van der Waals surface area contributed by atoms with Crippen molar-refractivity contribution in [3.63, 3.8) is 0 Å². The first-order valence-electron chi connectivity index (χ1n) is 4.47. The largest absolute Gasteiger partial charge is 0.370 e. The van der Waals surface area contributed by atoms with Crippen LogP contribution in [0.4, 0.5) is 0 Å². The maximum absolute atomic E-state index is 11.6. The molecular weight excluding hydrogens is 222 g/mol. The molecule has 0 saturated carbocycles. The molecule has 7 heteroatoms. The van der Waals surface area contributed by atoms with Crippen molar-refractivity contribution >= 4 is 24.2 Å². The number of hydrogen-bond acceptors (Lipinski definition) is 4. The Morgan fingerprint density at radius 3 is 2.87 bits per heavy atom. The molecular formula is C8H16ClN3O3. The number of nitrogens with one attached hydrogen (secondary N) is 1. The van der Waals surface area contributed by atoms with Crippen LogP contribution in [0.5, 0.6) is 0 Å². The monoisotopic (exact) mass is 237 g/mol. The fourth-order valence-electron chi connectivity index (χ4n) is 1.33. The summed E-state index contributed by atoms with van der Waals surface area (Å²) in [7, 11) is 1.43. The first-order chi connectivity index (χ1) is 6.69. The van der Waals surface area contributed by atoms with Gasteiger partial charge in [0.2, 0.25) is 5.91 Å². The van der Waals surface area contributed by atoms with Crippen LogP contribution in [0, 0.1) is 0 Å². The molecule has 1 heterocycles. The minimum absolute atomic E-state index is 0. The molecule has 0 radical (unpaired) electrons. The van der Waals surface area contributed by atoms with Gasteiger partial charge in [-0.15, -0.1) is 12.4 Å². The minimum atomic E-state index is -0.638. The van der Waals surface area contributed by atoms with Gasteiger partial charge in [-0.2, -0.15) is 0 Å². The maximum Gasteiger partial charge on any atom is 0.253 e. The molecule has 3 N–H and O–H groups in total. The van der Waals surface area contributed by atoms with E-state index in [1.165, 1.54) is 12.0 Å². The summed E-state index contributed by atoms with van der Waals surface area (Å²) >= 11 is 0. The molecule has 1 rings (SSSR count). The molecule has 1 atom stereocenters. The number of hydrogen-bond donors (Lipinski definition) is 2. The van der Waals surface area contributed by atoms with Gasteiger partial charge in [0.25, 0.3) is 5.91 Å². The van der Waals surface area contributed by atoms with E-state index < -0.39 is 6.10 Å². The predicted octanol–water partition coefficient (Wildman–Crippen LogP) is -1.66. The number of methoxy groups -OCH3 is 1. The van der Waals surface area contributed by atoms with Gasteiger partial charge in [0.1, 0.15) is 6.10 Å². The summed E-state index contributed by atoms with van der Waals surface area (Å²) in [5.74, 6) is -0.360. The lowest BCUT2D eigenvalue weighted by Gasteiger charge is -2.29.